The lowest BCUT2D eigenvalue weighted by Gasteiger charge is -2.51. The second-order valence-electron chi connectivity index (χ2n) is 11.5. The number of fused-ring (bicyclic) bond motifs is 3. The van der Waals surface area contributed by atoms with Crippen LogP contribution in [0.2, 0.25) is 0 Å². The Balaban J connectivity index is 1.08. The minimum atomic E-state index is 0.0675. The molecule has 0 radical (unpaired) electrons. The van der Waals surface area contributed by atoms with E-state index in [-0.39, 0.29) is 23.6 Å². The van der Waals surface area contributed by atoms with Crippen molar-refractivity contribution in [3.63, 3.8) is 0 Å². The summed E-state index contributed by atoms with van der Waals surface area (Å²) in [7, 11) is 0. The molecule has 1 spiro atoms. The summed E-state index contributed by atoms with van der Waals surface area (Å²) in [5.74, 6) is 1.93. The first-order valence-electron chi connectivity index (χ1n) is 12.7. The van der Waals surface area contributed by atoms with Gasteiger partial charge in [0.1, 0.15) is 6.10 Å². The van der Waals surface area contributed by atoms with Crippen LogP contribution >= 0.6 is 0 Å². The number of carbonyl (C=O) groups excluding carboxylic acids is 1. The molecule has 0 unspecified atom stereocenters. The second kappa shape index (κ2) is 7.59. The van der Waals surface area contributed by atoms with Crippen molar-refractivity contribution in [1.29, 1.82) is 0 Å². The molecule has 0 N–H and O–H groups in total. The molecular formula is C27H37NO3. The van der Waals surface area contributed by atoms with Gasteiger partial charge in [0.2, 0.25) is 0 Å². The number of esters is 1. The molecule has 1 aromatic carbocycles. The normalized spacial score (nSPS) is 42.8. The minimum Gasteiger partial charge on any atom is -0.462 e. The van der Waals surface area contributed by atoms with E-state index >= 15 is 0 Å². The molecule has 2 saturated carbocycles. The van der Waals surface area contributed by atoms with E-state index < -0.39 is 0 Å². The molecule has 3 aliphatic heterocycles. The lowest BCUT2D eigenvalue weighted by molar-refractivity contribution is -0.147. The van der Waals surface area contributed by atoms with Crippen molar-refractivity contribution in [1.82, 2.24) is 4.90 Å². The molecule has 0 bridgehead atoms. The zero-order chi connectivity index (χ0) is 21.1. The zero-order valence-corrected chi connectivity index (χ0v) is 18.9. The van der Waals surface area contributed by atoms with Crippen LogP contribution in [-0.2, 0) is 20.7 Å². The fourth-order valence-corrected chi connectivity index (χ4v) is 7.76. The summed E-state index contributed by atoms with van der Waals surface area (Å²) >= 11 is 0. The van der Waals surface area contributed by atoms with Crippen LogP contribution < -0.4 is 0 Å². The van der Waals surface area contributed by atoms with Gasteiger partial charge in [0.15, 0.2) is 0 Å². The Morgan fingerprint density at radius 3 is 2.65 bits per heavy atom. The lowest BCUT2D eigenvalue weighted by atomic mass is 9.53. The number of likely N-dealkylation sites (tertiary alicyclic amines) is 1. The summed E-state index contributed by atoms with van der Waals surface area (Å²) in [6.45, 7) is 6.52. The van der Waals surface area contributed by atoms with Crippen LogP contribution in [0.4, 0.5) is 0 Å². The van der Waals surface area contributed by atoms with Crippen molar-refractivity contribution in [2.45, 2.75) is 70.0 Å². The molecule has 5 fully saturated rings. The predicted molar refractivity (Wildman–Crippen MR) is 120 cm³/mol. The molecule has 6 atom stereocenters. The molecule has 2 aliphatic carbocycles. The van der Waals surface area contributed by atoms with E-state index in [1.54, 1.807) is 0 Å². The highest BCUT2D eigenvalue weighted by molar-refractivity contribution is 5.75. The van der Waals surface area contributed by atoms with Gasteiger partial charge in [-0.25, -0.2) is 0 Å². The van der Waals surface area contributed by atoms with E-state index in [4.69, 9.17) is 9.47 Å². The average Bonchev–Trinajstić information content (AvgIpc) is 3.47. The number of benzene rings is 1. The Hall–Kier alpha value is -1.39. The molecule has 6 rings (SSSR count). The van der Waals surface area contributed by atoms with E-state index in [9.17, 15) is 4.79 Å². The standard InChI is InChI=1S/C27H37NO3/c1-26-10-5-11-27(18-30-27)24(26)15-21-22(25(29)31-23(21)16-26)17-28-12-8-20(9-13-28)14-19-6-3-2-4-7-19/h2-4,6-7,20-24H,5,8-18H2,1H3/t21-,22-,23-,24-,26-,27+/m1/s1. The maximum Gasteiger partial charge on any atom is 0.310 e. The molecule has 0 amide bonds. The first-order chi connectivity index (χ1) is 15.0. The van der Waals surface area contributed by atoms with Crippen LogP contribution in [-0.4, -0.2) is 48.8 Å². The van der Waals surface area contributed by atoms with Gasteiger partial charge < -0.3 is 14.4 Å². The number of rotatable bonds is 4. The molecule has 3 saturated heterocycles. The van der Waals surface area contributed by atoms with Crippen LogP contribution in [0.25, 0.3) is 0 Å². The predicted octanol–water partition coefficient (Wildman–Crippen LogP) is 4.47. The average molecular weight is 424 g/mol. The Kier molecular flexibility index (Phi) is 4.95. The van der Waals surface area contributed by atoms with Gasteiger partial charge in [-0.3, -0.25) is 4.79 Å². The monoisotopic (exact) mass is 423 g/mol. The highest BCUT2D eigenvalue weighted by Gasteiger charge is 2.65. The maximum absolute atomic E-state index is 12.9. The fraction of sp³-hybridized carbons (Fsp3) is 0.741. The van der Waals surface area contributed by atoms with Gasteiger partial charge in [-0.15, -0.1) is 0 Å². The molecule has 3 heterocycles. The van der Waals surface area contributed by atoms with Crippen molar-refractivity contribution >= 4 is 5.97 Å². The third kappa shape index (κ3) is 3.64. The molecule has 31 heavy (non-hydrogen) atoms. The molecular weight excluding hydrogens is 386 g/mol. The SMILES string of the molecule is C[C@]12CCC[C@]3(CO3)[C@@H]1C[C@H]1[C@@H](C2)OC(=O)[C@@H]1CN1CCC(Cc2ccccc2)CC1. The molecule has 5 aliphatic rings. The van der Waals surface area contributed by atoms with Gasteiger partial charge in [-0.1, -0.05) is 37.3 Å². The number of epoxide rings is 1. The van der Waals surface area contributed by atoms with Crippen LogP contribution in [0.5, 0.6) is 0 Å². The maximum atomic E-state index is 12.9. The third-order valence-corrected chi connectivity index (χ3v) is 9.61. The topological polar surface area (TPSA) is 42.1 Å². The second-order valence-corrected chi connectivity index (χ2v) is 11.5. The first kappa shape index (κ1) is 20.2. The van der Waals surface area contributed by atoms with Gasteiger partial charge in [-0.05, 0) is 87.3 Å². The summed E-state index contributed by atoms with van der Waals surface area (Å²) in [6, 6.07) is 10.9. The quantitative estimate of drug-likeness (QED) is 0.529. The number of nitrogens with zero attached hydrogens (tertiary/aromatic N) is 1. The van der Waals surface area contributed by atoms with Gasteiger partial charge in [-0.2, -0.15) is 0 Å². The van der Waals surface area contributed by atoms with Gasteiger partial charge >= 0.3 is 5.97 Å². The van der Waals surface area contributed by atoms with E-state index in [0.717, 1.165) is 45.0 Å². The number of hydrogen-bond donors (Lipinski definition) is 0. The lowest BCUT2D eigenvalue weighted by Crippen LogP contribution is -2.51. The van der Waals surface area contributed by atoms with Crippen LogP contribution in [0.15, 0.2) is 30.3 Å². The molecule has 168 valence electrons. The largest absolute Gasteiger partial charge is 0.462 e. The summed E-state index contributed by atoms with van der Waals surface area (Å²) in [6.07, 6.45) is 9.74. The minimum absolute atomic E-state index is 0.0675. The first-order valence-corrected chi connectivity index (χ1v) is 12.7. The van der Waals surface area contributed by atoms with Crippen molar-refractivity contribution in [3.05, 3.63) is 35.9 Å². The number of hydrogen-bond acceptors (Lipinski definition) is 4. The zero-order valence-electron chi connectivity index (χ0n) is 18.9. The molecule has 4 heteroatoms. The molecule has 0 aromatic heterocycles. The summed E-state index contributed by atoms with van der Waals surface area (Å²) < 4.78 is 12.1. The summed E-state index contributed by atoms with van der Waals surface area (Å²) in [5, 5.41) is 0. The highest BCUT2D eigenvalue weighted by Crippen LogP contribution is 2.62. The van der Waals surface area contributed by atoms with Crippen molar-refractivity contribution in [2.24, 2.45) is 29.1 Å². The highest BCUT2D eigenvalue weighted by atomic mass is 16.6. The van der Waals surface area contributed by atoms with E-state index in [1.807, 2.05) is 0 Å². The van der Waals surface area contributed by atoms with Gasteiger partial charge in [0.05, 0.1) is 18.1 Å². The number of ether oxygens (including phenoxy) is 2. The van der Waals surface area contributed by atoms with E-state index in [2.05, 4.69) is 42.2 Å². The van der Waals surface area contributed by atoms with Crippen molar-refractivity contribution < 1.29 is 14.3 Å². The van der Waals surface area contributed by atoms with E-state index in [0.29, 0.717) is 17.3 Å². The van der Waals surface area contributed by atoms with Gasteiger partial charge in [0.25, 0.3) is 0 Å². The van der Waals surface area contributed by atoms with Crippen molar-refractivity contribution in [3.8, 4) is 0 Å². The Labute approximate surface area is 186 Å². The van der Waals surface area contributed by atoms with Crippen LogP contribution in [0, 0.1) is 29.1 Å². The van der Waals surface area contributed by atoms with E-state index in [1.165, 1.54) is 44.1 Å². The summed E-state index contributed by atoms with van der Waals surface area (Å²) in [4.78, 5) is 15.5. The fourth-order valence-electron chi connectivity index (χ4n) is 7.76. The number of carbonyl (C=O) groups is 1. The van der Waals surface area contributed by atoms with Crippen molar-refractivity contribution in [2.75, 3.05) is 26.2 Å². The number of piperidine rings is 1. The third-order valence-electron chi connectivity index (χ3n) is 9.61. The Bertz CT molecular complexity index is 813. The van der Waals surface area contributed by atoms with Crippen LogP contribution in [0.3, 0.4) is 0 Å². The molecule has 1 aromatic rings. The molecule has 4 nitrogen and oxygen atoms in total. The Morgan fingerprint density at radius 1 is 1.13 bits per heavy atom. The summed E-state index contributed by atoms with van der Waals surface area (Å²) in [5.41, 5.74) is 1.89. The Morgan fingerprint density at radius 2 is 1.90 bits per heavy atom. The van der Waals surface area contributed by atoms with Crippen LogP contribution in [0.1, 0.15) is 57.4 Å². The smallest absolute Gasteiger partial charge is 0.310 e. The van der Waals surface area contributed by atoms with Gasteiger partial charge in [0, 0.05) is 12.5 Å².